The van der Waals surface area contributed by atoms with Crippen molar-refractivity contribution in [1.29, 1.82) is 0 Å². The third-order valence-electron chi connectivity index (χ3n) is 4.09. The minimum Gasteiger partial charge on any atom is -0.493 e. The van der Waals surface area contributed by atoms with Gasteiger partial charge in [0, 0.05) is 37.7 Å². The molecule has 6 heteroatoms. The van der Waals surface area contributed by atoms with Gasteiger partial charge in [0.2, 0.25) is 5.95 Å². The fourth-order valence-electron chi connectivity index (χ4n) is 2.97. The molecule has 2 N–H and O–H groups in total. The van der Waals surface area contributed by atoms with E-state index >= 15 is 0 Å². The van der Waals surface area contributed by atoms with Gasteiger partial charge in [-0.05, 0) is 30.7 Å². The molecular weight excluding hydrogens is 266 g/mol. The smallest absolute Gasteiger partial charge is 0.245 e. The van der Waals surface area contributed by atoms with Crippen LogP contribution in [-0.4, -0.2) is 47.5 Å². The molecule has 6 nitrogen and oxygen atoms in total. The number of fused-ring (bicyclic) bond motifs is 1. The van der Waals surface area contributed by atoms with Crippen molar-refractivity contribution in [3.8, 4) is 17.1 Å². The lowest BCUT2D eigenvalue weighted by molar-refractivity contribution is 0.357. The lowest BCUT2D eigenvalue weighted by Crippen LogP contribution is -2.49. The highest BCUT2D eigenvalue weighted by Crippen LogP contribution is 2.29. The Labute approximate surface area is 123 Å². The Morgan fingerprint density at radius 1 is 1.38 bits per heavy atom. The fraction of sp³-hybridized carbons (Fsp3) is 0.467. The van der Waals surface area contributed by atoms with Crippen molar-refractivity contribution >= 4 is 5.95 Å². The van der Waals surface area contributed by atoms with Crippen molar-refractivity contribution < 1.29 is 4.74 Å². The maximum atomic E-state index is 5.54. The Kier molecular flexibility index (Phi) is 3.03. The van der Waals surface area contributed by atoms with Crippen LogP contribution in [0.4, 0.5) is 5.95 Å². The van der Waals surface area contributed by atoms with Gasteiger partial charge in [0.25, 0.3) is 0 Å². The molecule has 2 aromatic rings. The van der Waals surface area contributed by atoms with E-state index < -0.39 is 0 Å². The van der Waals surface area contributed by atoms with Gasteiger partial charge in [-0.3, -0.25) is 5.10 Å². The number of nitrogens with one attached hydrogen (secondary N) is 2. The summed E-state index contributed by atoms with van der Waals surface area (Å²) in [5.41, 5.74) is 2.32. The molecule has 1 saturated heterocycles. The SMILES string of the molecule is CC1CN(c2n[nH]c(-c3ccc4c(c3)CCO4)n2)CCN1. The molecule has 0 amide bonds. The maximum absolute atomic E-state index is 5.54. The molecule has 110 valence electrons. The molecule has 2 aliphatic heterocycles. The zero-order chi connectivity index (χ0) is 14.2. The molecule has 1 aromatic heterocycles. The molecule has 1 atom stereocenters. The minimum atomic E-state index is 0.470. The third-order valence-corrected chi connectivity index (χ3v) is 4.09. The predicted octanol–water partition coefficient (Wildman–Crippen LogP) is 1.20. The number of aromatic amines is 1. The van der Waals surface area contributed by atoms with E-state index in [0.29, 0.717) is 6.04 Å². The Morgan fingerprint density at radius 2 is 2.33 bits per heavy atom. The van der Waals surface area contributed by atoms with E-state index in [0.717, 1.165) is 55.7 Å². The van der Waals surface area contributed by atoms with Crippen LogP contribution in [0, 0.1) is 0 Å². The van der Waals surface area contributed by atoms with Crippen molar-refractivity contribution in [2.75, 3.05) is 31.1 Å². The summed E-state index contributed by atoms with van der Waals surface area (Å²) in [5.74, 6) is 2.61. The van der Waals surface area contributed by atoms with E-state index in [4.69, 9.17) is 4.74 Å². The average molecular weight is 285 g/mol. The van der Waals surface area contributed by atoms with E-state index in [1.54, 1.807) is 0 Å². The highest BCUT2D eigenvalue weighted by molar-refractivity contribution is 5.60. The molecule has 0 aliphatic carbocycles. The van der Waals surface area contributed by atoms with E-state index in [1.165, 1.54) is 5.56 Å². The molecule has 0 bridgehead atoms. The van der Waals surface area contributed by atoms with Crippen LogP contribution in [0.25, 0.3) is 11.4 Å². The summed E-state index contributed by atoms with van der Waals surface area (Å²) in [6.45, 7) is 5.82. The number of piperazine rings is 1. The van der Waals surface area contributed by atoms with Gasteiger partial charge in [0.1, 0.15) is 5.75 Å². The lowest BCUT2D eigenvalue weighted by Gasteiger charge is -2.30. The van der Waals surface area contributed by atoms with Crippen LogP contribution in [0.2, 0.25) is 0 Å². The molecule has 1 unspecified atom stereocenters. The average Bonchev–Trinajstić information content (AvgIpc) is 3.15. The first-order chi connectivity index (χ1) is 10.3. The zero-order valence-electron chi connectivity index (χ0n) is 12.1. The van der Waals surface area contributed by atoms with Gasteiger partial charge in [-0.1, -0.05) is 0 Å². The predicted molar refractivity (Wildman–Crippen MR) is 80.7 cm³/mol. The van der Waals surface area contributed by atoms with Crippen molar-refractivity contribution in [1.82, 2.24) is 20.5 Å². The van der Waals surface area contributed by atoms with Crippen LogP contribution in [0.15, 0.2) is 18.2 Å². The Balaban J connectivity index is 1.59. The second kappa shape index (κ2) is 5.04. The zero-order valence-corrected chi connectivity index (χ0v) is 12.1. The van der Waals surface area contributed by atoms with Gasteiger partial charge in [0.05, 0.1) is 6.61 Å². The first-order valence-electron chi connectivity index (χ1n) is 7.46. The first kappa shape index (κ1) is 12.6. The summed E-state index contributed by atoms with van der Waals surface area (Å²) in [6, 6.07) is 6.67. The van der Waals surface area contributed by atoms with Crippen LogP contribution >= 0.6 is 0 Å². The topological polar surface area (TPSA) is 66.1 Å². The summed E-state index contributed by atoms with van der Waals surface area (Å²) in [6.07, 6.45) is 0.972. The number of anilines is 1. The normalized spacial score (nSPS) is 21.2. The number of hydrogen-bond donors (Lipinski definition) is 2. The Bertz CT molecular complexity index is 653. The molecule has 0 radical (unpaired) electrons. The molecule has 0 spiro atoms. The number of rotatable bonds is 2. The van der Waals surface area contributed by atoms with Gasteiger partial charge < -0.3 is 15.0 Å². The Hall–Kier alpha value is -2.08. The maximum Gasteiger partial charge on any atom is 0.245 e. The molecular formula is C15H19N5O. The second-order valence-electron chi connectivity index (χ2n) is 5.71. The standard InChI is InChI=1S/C15H19N5O/c1-10-9-20(6-5-16-10)15-17-14(18-19-15)12-2-3-13-11(8-12)4-7-21-13/h2-3,8,10,16H,4-7,9H2,1H3,(H,17,18,19). The summed E-state index contributed by atoms with van der Waals surface area (Å²) in [7, 11) is 0. The van der Waals surface area contributed by atoms with E-state index in [9.17, 15) is 0 Å². The van der Waals surface area contributed by atoms with E-state index in [2.05, 4.69) is 38.4 Å². The minimum absolute atomic E-state index is 0.470. The van der Waals surface area contributed by atoms with Crippen molar-refractivity contribution in [3.63, 3.8) is 0 Å². The largest absolute Gasteiger partial charge is 0.493 e. The van der Waals surface area contributed by atoms with Gasteiger partial charge >= 0.3 is 0 Å². The van der Waals surface area contributed by atoms with Crippen molar-refractivity contribution in [2.45, 2.75) is 19.4 Å². The van der Waals surface area contributed by atoms with Crippen LogP contribution in [0.3, 0.4) is 0 Å². The Morgan fingerprint density at radius 3 is 3.24 bits per heavy atom. The number of nitrogens with zero attached hydrogens (tertiary/aromatic N) is 3. The second-order valence-corrected chi connectivity index (χ2v) is 5.71. The lowest BCUT2D eigenvalue weighted by atomic mass is 10.1. The fourth-order valence-corrected chi connectivity index (χ4v) is 2.97. The molecule has 3 heterocycles. The third kappa shape index (κ3) is 2.35. The van der Waals surface area contributed by atoms with Gasteiger partial charge in [-0.15, -0.1) is 5.10 Å². The van der Waals surface area contributed by atoms with Crippen LogP contribution in [-0.2, 0) is 6.42 Å². The monoisotopic (exact) mass is 285 g/mol. The van der Waals surface area contributed by atoms with Crippen LogP contribution in [0.5, 0.6) is 5.75 Å². The first-order valence-corrected chi connectivity index (χ1v) is 7.46. The highest BCUT2D eigenvalue weighted by Gasteiger charge is 2.20. The number of H-pyrrole nitrogens is 1. The molecule has 4 rings (SSSR count). The summed E-state index contributed by atoms with van der Waals surface area (Å²) >= 11 is 0. The quantitative estimate of drug-likeness (QED) is 0.868. The molecule has 1 fully saturated rings. The van der Waals surface area contributed by atoms with Crippen LogP contribution in [0.1, 0.15) is 12.5 Å². The number of benzene rings is 1. The van der Waals surface area contributed by atoms with Crippen molar-refractivity contribution in [3.05, 3.63) is 23.8 Å². The van der Waals surface area contributed by atoms with E-state index in [-0.39, 0.29) is 0 Å². The number of hydrogen-bond acceptors (Lipinski definition) is 5. The summed E-state index contributed by atoms with van der Waals surface area (Å²) in [4.78, 5) is 6.87. The van der Waals surface area contributed by atoms with Gasteiger partial charge in [-0.25, -0.2) is 0 Å². The van der Waals surface area contributed by atoms with E-state index in [1.807, 2.05) is 12.1 Å². The van der Waals surface area contributed by atoms with Crippen LogP contribution < -0.4 is 15.0 Å². The molecule has 21 heavy (non-hydrogen) atoms. The molecule has 1 aromatic carbocycles. The molecule has 0 saturated carbocycles. The van der Waals surface area contributed by atoms with Gasteiger partial charge in [0.15, 0.2) is 5.82 Å². The number of aromatic nitrogens is 3. The summed E-state index contributed by atoms with van der Waals surface area (Å²) in [5, 5.41) is 10.9. The van der Waals surface area contributed by atoms with Crippen molar-refractivity contribution in [2.24, 2.45) is 0 Å². The van der Waals surface area contributed by atoms with Gasteiger partial charge in [-0.2, -0.15) is 4.98 Å². The number of ether oxygens (including phenoxy) is 1. The highest BCUT2D eigenvalue weighted by atomic mass is 16.5. The summed E-state index contributed by atoms with van der Waals surface area (Å²) < 4.78 is 5.54. The molecule has 2 aliphatic rings.